The van der Waals surface area contributed by atoms with Crippen LogP contribution in [0.4, 0.5) is 0 Å². The third-order valence-corrected chi connectivity index (χ3v) is 4.49. The molecule has 1 N–H and O–H groups in total. The number of likely N-dealkylation sites (N-methyl/N-ethyl adjacent to an activating group) is 1. The Bertz CT molecular complexity index is 474. The minimum atomic E-state index is -1.52. The zero-order valence-corrected chi connectivity index (χ0v) is 14.8. The van der Waals surface area contributed by atoms with Crippen molar-refractivity contribution in [3.8, 4) is 0 Å². The van der Waals surface area contributed by atoms with Gasteiger partial charge >= 0.3 is 5.97 Å². The van der Waals surface area contributed by atoms with Crippen molar-refractivity contribution in [3.63, 3.8) is 0 Å². The molecule has 1 aromatic rings. The third kappa shape index (κ3) is 4.93. The second kappa shape index (κ2) is 9.26. The maximum Gasteiger partial charge on any atom is 0.343 e. The smallest absolute Gasteiger partial charge is 0.343 e. The van der Waals surface area contributed by atoms with E-state index in [1.54, 1.807) is 0 Å². The van der Waals surface area contributed by atoms with Crippen molar-refractivity contribution < 1.29 is 27.0 Å². The van der Waals surface area contributed by atoms with Crippen molar-refractivity contribution in [3.05, 3.63) is 35.9 Å². The molecule has 1 saturated carbocycles. The van der Waals surface area contributed by atoms with Crippen LogP contribution in [0.25, 0.3) is 0 Å². The van der Waals surface area contributed by atoms with Gasteiger partial charge in [0.2, 0.25) is 0 Å². The number of esters is 1. The Morgan fingerprint density at radius 2 is 1.83 bits per heavy atom. The molecular formula is C18H27ClNO3-. The van der Waals surface area contributed by atoms with E-state index in [1.165, 1.54) is 6.42 Å². The number of hydrogen-bond donors (Lipinski definition) is 1. The van der Waals surface area contributed by atoms with Gasteiger partial charge in [-0.15, -0.1) is 0 Å². The highest BCUT2D eigenvalue weighted by Gasteiger charge is 2.46. The number of halogens is 1. The van der Waals surface area contributed by atoms with Gasteiger partial charge in [-0.1, -0.05) is 49.6 Å². The Kier molecular flexibility index (Phi) is 8.03. The minimum absolute atomic E-state index is 0. The highest BCUT2D eigenvalue weighted by atomic mass is 35.5. The zero-order valence-electron chi connectivity index (χ0n) is 14.0. The zero-order chi connectivity index (χ0) is 16.0. The molecule has 1 aliphatic rings. The van der Waals surface area contributed by atoms with Gasteiger partial charge in [0.15, 0.2) is 5.60 Å². The SMILES string of the molecule is CN(C)CCOC(=O)C(O)(c1ccccc1)C1CCCCC1.[Cl-]. The molecule has 0 saturated heterocycles. The number of benzene rings is 1. The Morgan fingerprint density at radius 1 is 1.22 bits per heavy atom. The van der Waals surface area contributed by atoms with Gasteiger partial charge in [0.1, 0.15) is 6.61 Å². The lowest BCUT2D eigenvalue weighted by molar-refractivity contribution is -0.175. The van der Waals surface area contributed by atoms with E-state index in [0.29, 0.717) is 18.7 Å². The summed E-state index contributed by atoms with van der Waals surface area (Å²) in [5.74, 6) is -0.567. The van der Waals surface area contributed by atoms with Gasteiger partial charge in [0, 0.05) is 12.5 Å². The summed E-state index contributed by atoms with van der Waals surface area (Å²) < 4.78 is 5.40. The summed E-state index contributed by atoms with van der Waals surface area (Å²) in [5.41, 5.74) is -0.870. The van der Waals surface area contributed by atoms with E-state index in [1.807, 2.05) is 49.3 Å². The highest BCUT2D eigenvalue weighted by Crippen LogP contribution is 2.40. The molecule has 0 amide bonds. The maximum atomic E-state index is 12.7. The molecule has 2 rings (SSSR count). The lowest BCUT2D eigenvalue weighted by Crippen LogP contribution is -3.00. The predicted molar refractivity (Wildman–Crippen MR) is 86.4 cm³/mol. The molecule has 23 heavy (non-hydrogen) atoms. The molecule has 1 aromatic carbocycles. The van der Waals surface area contributed by atoms with Gasteiger partial charge in [0.05, 0.1) is 0 Å². The van der Waals surface area contributed by atoms with Crippen LogP contribution < -0.4 is 12.4 Å². The minimum Gasteiger partial charge on any atom is -1.00 e. The van der Waals surface area contributed by atoms with Crippen LogP contribution in [0.3, 0.4) is 0 Å². The molecule has 0 heterocycles. The van der Waals surface area contributed by atoms with E-state index in [9.17, 15) is 9.90 Å². The quantitative estimate of drug-likeness (QED) is 0.714. The Hall–Kier alpha value is -1.10. The first-order valence-electron chi connectivity index (χ1n) is 8.15. The number of ether oxygens (including phenoxy) is 1. The Morgan fingerprint density at radius 3 is 2.39 bits per heavy atom. The fourth-order valence-electron chi connectivity index (χ4n) is 3.16. The number of nitrogens with zero attached hydrogens (tertiary/aromatic N) is 1. The number of carbonyl (C=O) groups is 1. The average molecular weight is 341 g/mol. The van der Waals surface area contributed by atoms with Gasteiger partial charge in [0.25, 0.3) is 0 Å². The molecule has 1 unspecified atom stereocenters. The second-order valence-electron chi connectivity index (χ2n) is 6.41. The summed E-state index contributed by atoms with van der Waals surface area (Å²) in [4.78, 5) is 14.6. The molecule has 0 spiro atoms. The summed E-state index contributed by atoms with van der Waals surface area (Å²) in [5, 5.41) is 11.3. The standard InChI is InChI=1S/C18H27NO3.ClH/c1-19(2)13-14-22-17(20)18(21,15-9-5-3-6-10-15)16-11-7-4-8-12-16;/h3,5-6,9-10,16,21H,4,7-8,11-14H2,1-2H3;1H/p-1. The molecule has 5 heteroatoms. The van der Waals surface area contributed by atoms with Gasteiger partial charge in [-0.3, -0.25) is 0 Å². The molecule has 0 radical (unpaired) electrons. The molecule has 1 aliphatic carbocycles. The lowest BCUT2D eigenvalue weighted by Gasteiger charge is -2.36. The molecule has 1 fully saturated rings. The fraction of sp³-hybridized carbons (Fsp3) is 0.611. The van der Waals surface area contributed by atoms with E-state index in [2.05, 4.69) is 0 Å². The summed E-state index contributed by atoms with van der Waals surface area (Å²) in [6.07, 6.45) is 5.04. The summed E-state index contributed by atoms with van der Waals surface area (Å²) in [6, 6.07) is 9.25. The third-order valence-electron chi connectivity index (χ3n) is 4.49. The molecule has 4 nitrogen and oxygen atoms in total. The number of carbonyl (C=O) groups excluding carboxylic acids is 1. The lowest BCUT2D eigenvalue weighted by atomic mass is 9.73. The van der Waals surface area contributed by atoms with Crippen molar-refractivity contribution in [2.45, 2.75) is 37.7 Å². The van der Waals surface area contributed by atoms with Gasteiger partial charge in [-0.05, 0) is 32.5 Å². The molecule has 130 valence electrons. The highest BCUT2D eigenvalue weighted by molar-refractivity contribution is 5.81. The molecule has 0 aliphatic heterocycles. The van der Waals surface area contributed by atoms with Gasteiger partial charge < -0.3 is 27.2 Å². The monoisotopic (exact) mass is 340 g/mol. The largest absolute Gasteiger partial charge is 1.00 e. The van der Waals surface area contributed by atoms with Gasteiger partial charge in [-0.2, -0.15) is 0 Å². The normalized spacial score (nSPS) is 18.1. The van der Waals surface area contributed by atoms with Crippen LogP contribution in [-0.4, -0.2) is 43.2 Å². The van der Waals surface area contributed by atoms with Crippen LogP contribution >= 0.6 is 0 Å². The first kappa shape index (κ1) is 19.9. The van der Waals surface area contributed by atoms with E-state index in [0.717, 1.165) is 25.7 Å². The fourth-order valence-corrected chi connectivity index (χ4v) is 3.16. The summed E-state index contributed by atoms with van der Waals surface area (Å²) in [7, 11) is 3.86. The Balaban J connectivity index is 0.00000264. The first-order chi connectivity index (χ1) is 10.5. The number of hydrogen-bond acceptors (Lipinski definition) is 4. The van der Waals surface area contributed by atoms with Crippen LogP contribution in [0.15, 0.2) is 30.3 Å². The predicted octanol–water partition coefficient (Wildman–Crippen LogP) is -0.437. The molecule has 0 aromatic heterocycles. The van der Waals surface area contributed by atoms with E-state index >= 15 is 0 Å². The summed E-state index contributed by atoms with van der Waals surface area (Å²) >= 11 is 0. The van der Waals surface area contributed by atoms with Crippen molar-refractivity contribution in [2.24, 2.45) is 5.92 Å². The Labute approximate surface area is 145 Å². The van der Waals surface area contributed by atoms with Crippen molar-refractivity contribution in [1.82, 2.24) is 4.90 Å². The van der Waals surface area contributed by atoms with Crippen LogP contribution in [-0.2, 0) is 15.1 Å². The van der Waals surface area contributed by atoms with Crippen molar-refractivity contribution in [1.29, 1.82) is 0 Å². The van der Waals surface area contributed by atoms with E-state index in [-0.39, 0.29) is 18.3 Å². The second-order valence-corrected chi connectivity index (χ2v) is 6.41. The number of rotatable bonds is 6. The molecule has 1 atom stereocenters. The van der Waals surface area contributed by atoms with Crippen molar-refractivity contribution >= 4 is 5.97 Å². The van der Waals surface area contributed by atoms with E-state index in [4.69, 9.17) is 4.74 Å². The summed E-state index contributed by atoms with van der Waals surface area (Å²) in [6.45, 7) is 0.953. The van der Waals surface area contributed by atoms with Crippen molar-refractivity contribution in [2.75, 3.05) is 27.2 Å². The number of aliphatic hydroxyl groups is 1. The van der Waals surface area contributed by atoms with E-state index < -0.39 is 11.6 Å². The van der Waals surface area contributed by atoms with Crippen LogP contribution in [0.1, 0.15) is 37.7 Å². The van der Waals surface area contributed by atoms with Crippen LogP contribution in [0, 0.1) is 5.92 Å². The molecular weight excluding hydrogens is 314 g/mol. The van der Waals surface area contributed by atoms with Crippen LogP contribution in [0.2, 0.25) is 0 Å². The topological polar surface area (TPSA) is 49.8 Å². The maximum absolute atomic E-state index is 12.7. The van der Waals surface area contributed by atoms with Crippen LogP contribution in [0.5, 0.6) is 0 Å². The molecule has 0 bridgehead atoms. The average Bonchev–Trinajstić information content (AvgIpc) is 2.55. The van der Waals surface area contributed by atoms with Gasteiger partial charge in [-0.25, -0.2) is 4.79 Å². The first-order valence-corrected chi connectivity index (χ1v) is 8.15.